The molecular weight excluding hydrogens is 326 g/mol. The minimum absolute atomic E-state index is 0.0949. The van der Waals surface area contributed by atoms with Crippen molar-refractivity contribution in [1.82, 2.24) is 20.1 Å². The number of nitrogens with zero attached hydrogens (tertiary/aromatic N) is 3. The summed E-state index contributed by atoms with van der Waals surface area (Å²) in [5.74, 6) is -0.0949. The molecule has 0 aliphatic carbocycles. The van der Waals surface area contributed by atoms with E-state index in [1.807, 2.05) is 30.7 Å². The summed E-state index contributed by atoms with van der Waals surface area (Å²) in [4.78, 5) is 17.3. The number of amides is 1. The zero-order chi connectivity index (χ0) is 18.1. The fourth-order valence-electron chi connectivity index (χ4n) is 3.58. The molecule has 0 bridgehead atoms. The van der Waals surface area contributed by atoms with Gasteiger partial charge >= 0.3 is 0 Å². The molecule has 1 amide bonds. The summed E-state index contributed by atoms with van der Waals surface area (Å²) >= 11 is 0. The summed E-state index contributed by atoms with van der Waals surface area (Å²) in [6.45, 7) is 6.19. The number of carbonyl (C=O) groups is 1. The summed E-state index contributed by atoms with van der Waals surface area (Å²) in [7, 11) is 0. The summed E-state index contributed by atoms with van der Waals surface area (Å²) in [6, 6.07) is 8.11. The Morgan fingerprint density at radius 2 is 2.27 bits per heavy atom. The maximum Gasteiger partial charge on any atom is 0.253 e. The second-order valence-corrected chi connectivity index (χ2v) is 6.65. The Hall–Kier alpha value is -2.89. The quantitative estimate of drug-likeness (QED) is 0.759. The number of nitrogens with one attached hydrogen (secondary N) is 2. The SMILES string of the molecule is CCn1ncc2cc(C(=O)NCc3cccc4c3CCCN4)c(C)nc21. The Kier molecular flexibility index (Phi) is 4.32. The van der Waals surface area contributed by atoms with Gasteiger partial charge in [-0.3, -0.25) is 4.79 Å². The van der Waals surface area contributed by atoms with Crippen LogP contribution in [0.2, 0.25) is 0 Å². The van der Waals surface area contributed by atoms with Gasteiger partial charge in [-0.05, 0) is 49.9 Å². The Labute approximate surface area is 152 Å². The largest absolute Gasteiger partial charge is 0.385 e. The Balaban J connectivity index is 1.56. The van der Waals surface area contributed by atoms with Crippen molar-refractivity contribution in [2.75, 3.05) is 11.9 Å². The molecule has 1 aliphatic heterocycles. The number of aromatic nitrogens is 3. The molecule has 2 N–H and O–H groups in total. The normalized spacial score (nSPS) is 13.3. The van der Waals surface area contributed by atoms with Gasteiger partial charge in [0, 0.05) is 30.7 Å². The van der Waals surface area contributed by atoms with Crippen LogP contribution < -0.4 is 10.6 Å². The lowest BCUT2D eigenvalue weighted by Crippen LogP contribution is -2.25. The van der Waals surface area contributed by atoms with E-state index in [1.54, 1.807) is 6.20 Å². The maximum atomic E-state index is 12.7. The number of carbonyl (C=O) groups excluding carboxylic acids is 1. The van der Waals surface area contributed by atoms with Crippen molar-refractivity contribution < 1.29 is 4.79 Å². The van der Waals surface area contributed by atoms with Gasteiger partial charge in [0.05, 0.1) is 17.5 Å². The lowest BCUT2D eigenvalue weighted by molar-refractivity contribution is 0.0950. The standard InChI is InChI=1S/C20H23N5O/c1-3-25-19-15(12-23-25)10-17(13(2)24-19)20(26)22-11-14-6-4-8-18-16(14)7-5-9-21-18/h4,6,8,10,12,21H,3,5,7,9,11H2,1-2H3,(H,22,26). The van der Waals surface area contributed by atoms with Gasteiger partial charge in [0.25, 0.3) is 5.91 Å². The third kappa shape index (κ3) is 2.92. The molecule has 134 valence electrons. The first kappa shape index (κ1) is 16.6. The van der Waals surface area contributed by atoms with Gasteiger partial charge in [0.15, 0.2) is 5.65 Å². The molecule has 2 aromatic heterocycles. The van der Waals surface area contributed by atoms with Gasteiger partial charge in [0.2, 0.25) is 0 Å². The van der Waals surface area contributed by atoms with E-state index >= 15 is 0 Å². The molecular formula is C20H23N5O. The van der Waals surface area contributed by atoms with Crippen LogP contribution in [0.5, 0.6) is 0 Å². The first-order valence-corrected chi connectivity index (χ1v) is 9.13. The smallest absolute Gasteiger partial charge is 0.253 e. The fraction of sp³-hybridized carbons (Fsp3) is 0.350. The van der Waals surface area contributed by atoms with Gasteiger partial charge in [0.1, 0.15) is 0 Å². The minimum Gasteiger partial charge on any atom is -0.385 e. The summed E-state index contributed by atoms with van der Waals surface area (Å²) < 4.78 is 1.84. The summed E-state index contributed by atoms with van der Waals surface area (Å²) in [5.41, 5.74) is 5.83. The first-order valence-electron chi connectivity index (χ1n) is 9.13. The van der Waals surface area contributed by atoms with Crippen molar-refractivity contribution in [3.05, 3.63) is 52.8 Å². The predicted octanol–water partition coefficient (Wildman–Crippen LogP) is 3.05. The molecule has 0 spiro atoms. The molecule has 6 nitrogen and oxygen atoms in total. The van der Waals surface area contributed by atoms with Crippen LogP contribution in [0.15, 0.2) is 30.5 Å². The molecule has 0 radical (unpaired) electrons. The average molecular weight is 349 g/mol. The van der Waals surface area contributed by atoms with Crippen molar-refractivity contribution in [3.8, 4) is 0 Å². The molecule has 1 aliphatic rings. The van der Waals surface area contributed by atoms with Crippen LogP contribution in [0.3, 0.4) is 0 Å². The number of hydrogen-bond donors (Lipinski definition) is 2. The summed E-state index contributed by atoms with van der Waals surface area (Å²) in [5, 5.41) is 11.7. The van der Waals surface area contributed by atoms with Crippen molar-refractivity contribution in [2.45, 2.75) is 39.8 Å². The molecule has 26 heavy (non-hydrogen) atoms. The predicted molar refractivity (Wildman–Crippen MR) is 102 cm³/mol. The van der Waals surface area contributed by atoms with Crippen LogP contribution >= 0.6 is 0 Å². The number of benzene rings is 1. The van der Waals surface area contributed by atoms with Crippen LogP contribution in [0.1, 0.15) is 40.5 Å². The first-order chi connectivity index (χ1) is 12.7. The lowest BCUT2D eigenvalue weighted by atomic mass is 9.97. The van der Waals surface area contributed by atoms with E-state index in [0.717, 1.165) is 42.7 Å². The van der Waals surface area contributed by atoms with Gasteiger partial charge in [-0.15, -0.1) is 0 Å². The molecule has 0 saturated carbocycles. The van der Waals surface area contributed by atoms with Crippen LogP contribution in [-0.2, 0) is 19.5 Å². The van der Waals surface area contributed by atoms with Gasteiger partial charge in [-0.25, -0.2) is 9.67 Å². The van der Waals surface area contributed by atoms with E-state index in [0.29, 0.717) is 12.1 Å². The highest BCUT2D eigenvalue weighted by molar-refractivity contribution is 5.98. The average Bonchev–Trinajstić information content (AvgIpc) is 3.07. The number of aryl methyl sites for hydroxylation is 2. The Bertz CT molecular complexity index is 976. The second-order valence-electron chi connectivity index (χ2n) is 6.65. The monoisotopic (exact) mass is 349 g/mol. The van der Waals surface area contributed by atoms with Crippen molar-refractivity contribution in [2.24, 2.45) is 0 Å². The second kappa shape index (κ2) is 6.78. The van der Waals surface area contributed by atoms with Gasteiger partial charge in [-0.1, -0.05) is 12.1 Å². The molecule has 1 aromatic carbocycles. The number of hydrogen-bond acceptors (Lipinski definition) is 4. The highest BCUT2D eigenvalue weighted by Gasteiger charge is 2.16. The van der Waals surface area contributed by atoms with Crippen LogP contribution in [0.25, 0.3) is 11.0 Å². The van der Waals surface area contributed by atoms with Gasteiger partial charge < -0.3 is 10.6 Å². The third-order valence-corrected chi connectivity index (χ3v) is 4.98. The number of fused-ring (bicyclic) bond motifs is 2. The van der Waals surface area contributed by atoms with Gasteiger partial charge in [-0.2, -0.15) is 5.10 Å². The van der Waals surface area contributed by atoms with E-state index in [1.165, 1.54) is 16.8 Å². The summed E-state index contributed by atoms with van der Waals surface area (Å²) in [6.07, 6.45) is 3.94. The van der Waals surface area contributed by atoms with E-state index in [4.69, 9.17) is 0 Å². The van der Waals surface area contributed by atoms with E-state index < -0.39 is 0 Å². The van der Waals surface area contributed by atoms with E-state index in [9.17, 15) is 4.79 Å². The maximum absolute atomic E-state index is 12.7. The van der Waals surface area contributed by atoms with Crippen molar-refractivity contribution >= 4 is 22.6 Å². The zero-order valence-corrected chi connectivity index (χ0v) is 15.2. The molecule has 4 rings (SSSR count). The Morgan fingerprint density at radius 3 is 3.12 bits per heavy atom. The number of rotatable bonds is 4. The number of pyridine rings is 1. The van der Waals surface area contributed by atoms with Crippen LogP contribution in [0, 0.1) is 6.92 Å². The highest BCUT2D eigenvalue weighted by Crippen LogP contribution is 2.25. The Morgan fingerprint density at radius 1 is 1.38 bits per heavy atom. The molecule has 0 unspecified atom stereocenters. The molecule has 0 saturated heterocycles. The highest BCUT2D eigenvalue weighted by atomic mass is 16.1. The molecule has 3 aromatic rings. The van der Waals surface area contributed by atoms with Crippen molar-refractivity contribution in [3.63, 3.8) is 0 Å². The van der Waals surface area contributed by atoms with E-state index in [2.05, 4.69) is 32.8 Å². The van der Waals surface area contributed by atoms with Crippen LogP contribution in [0.4, 0.5) is 5.69 Å². The lowest BCUT2D eigenvalue weighted by Gasteiger charge is -2.21. The molecule has 0 atom stereocenters. The topological polar surface area (TPSA) is 71.8 Å². The molecule has 0 fully saturated rings. The molecule has 3 heterocycles. The van der Waals surface area contributed by atoms with Crippen LogP contribution in [-0.4, -0.2) is 27.2 Å². The third-order valence-electron chi connectivity index (χ3n) is 4.98. The zero-order valence-electron chi connectivity index (χ0n) is 15.2. The number of anilines is 1. The van der Waals surface area contributed by atoms with Crippen molar-refractivity contribution in [1.29, 1.82) is 0 Å². The fourth-order valence-corrected chi connectivity index (χ4v) is 3.58. The van der Waals surface area contributed by atoms with E-state index in [-0.39, 0.29) is 5.91 Å². The minimum atomic E-state index is -0.0949. The molecule has 6 heteroatoms.